The standard InChI is InChI=1S/C52H34N2O/c1-52(37-21-6-3-7-22-37)43-27-12-10-24-39(43)48-40(26-15-28-44(48)52)46-32-45(53-51(54-46)33-16-4-2-5-17-33)36-20-14-19-34(30-36)42-31-35-18-8-9-23-38(35)49-41-25-11-13-29-47(41)55-50(42)49/h2-32H,1H3. The fourth-order valence-electron chi connectivity index (χ4n) is 8.92. The second-order valence-electron chi connectivity index (χ2n) is 14.6. The molecule has 0 saturated carbocycles. The number of aromatic nitrogens is 2. The summed E-state index contributed by atoms with van der Waals surface area (Å²) >= 11 is 0. The van der Waals surface area contributed by atoms with E-state index in [9.17, 15) is 0 Å². The van der Waals surface area contributed by atoms with Crippen molar-refractivity contribution in [3.8, 4) is 56.2 Å². The average Bonchev–Trinajstić information content (AvgIpc) is 3.78. The van der Waals surface area contributed by atoms with E-state index in [1.165, 1.54) is 38.6 Å². The number of benzene rings is 8. The van der Waals surface area contributed by atoms with Crippen molar-refractivity contribution in [3.05, 3.63) is 205 Å². The molecule has 258 valence electrons. The van der Waals surface area contributed by atoms with Crippen LogP contribution >= 0.6 is 0 Å². The summed E-state index contributed by atoms with van der Waals surface area (Å²) in [5.74, 6) is 0.693. The highest BCUT2D eigenvalue weighted by Gasteiger charge is 2.41. The molecule has 10 aromatic rings. The van der Waals surface area contributed by atoms with Crippen molar-refractivity contribution in [2.24, 2.45) is 0 Å². The Balaban J connectivity index is 1.13. The van der Waals surface area contributed by atoms with Gasteiger partial charge in [0.05, 0.1) is 11.4 Å². The Morgan fingerprint density at radius 2 is 1.09 bits per heavy atom. The lowest BCUT2D eigenvalue weighted by molar-refractivity contribution is 0.670. The minimum absolute atomic E-state index is 0.308. The van der Waals surface area contributed by atoms with E-state index in [1.807, 2.05) is 24.3 Å². The van der Waals surface area contributed by atoms with Crippen LogP contribution in [0.4, 0.5) is 0 Å². The van der Waals surface area contributed by atoms with Gasteiger partial charge in [0.2, 0.25) is 0 Å². The van der Waals surface area contributed by atoms with Crippen LogP contribution in [0.25, 0.3) is 88.9 Å². The van der Waals surface area contributed by atoms with E-state index in [1.54, 1.807) is 0 Å². The molecule has 0 amide bonds. The van der Waals surface area contributed by atoms with Crippen LogP contribution in [-0.4, -0.2) is 9.97 Å². The summed E-state index contributed by atoms with van der Waals surface area (Å²) in [6.45, 7) is 2.36. The number of hydrogen-bond acceptors (Lipinski definition) is 3. The van der Waals surface area contributed by atoms with Crippen LogP contribution in [-0.2, 0) is 5.41 Å². The average molecular weight is 703 g/mol. The molecule has 0 N–H and O–H groups in total. The predicted octanol–water partition coefficient (Wildman–Crippen LogP) is 13.5. The van der Waals surface area contributed by atoms with Crippen molar-refractivity contribution >= 4 is 32.7 Å². The molecule has 0 aliphatic heterocycles. The topological polar surface area (TPSA) is 38.9 Å². The zero-order valence-electron chi connectivity index (χ0n) is 30.2. The monoisotopic (exact) mass is 702 g/mol. The molecular formula is C52H34N2O. The van der Waals surface area contributed by atoms with Crippen LogP contribution < -0.4 is 0 Å². The van der Waals surface area contributed by atoms with E-state index in [0.29, 0.717) is 5.82 Å². The van der Waals surface area contributed by atoms with Crippen molar-refractivity contribution in [3.63, 3.8) is 0 Å². The van der Waals surface area contributed by atoms with E-state index in [2.05, 4.69) is 171 Å². The van der Waals surface area contributed by atoms with Crippen LogP contribution in [0.2, 0.25) is 0 Å². The second kappa shape index (κ2) is 12.2. The molecule has 11 rings (SSSR count). The first kappa shape index (κ1) is 31.4. The summed E-state index contributed by atoms with van der Waals surface area (Å²) < 4.78 is 6.64. The first-order chi connectivity index (χ1) is 27.1. The van der Waals surface area contributed by atoms with E-state index in [-0.39, 0.29) is 5.41 Å². The van der Waals surface area contributed by atoms with Gasteiger partial charge in [-0.1, -0.05) is 164 Å². The summed E-state index contributed by atoms with van der Waals surface area (Å²) in [5, 5.41) is 4.64. The maximum Gasteiger partial charge on any atom is 0.160 e. The van der Waals surface area contributed by atoms with Gasteiger partial charge in [-0.2, -0.15) is 0 Å². The largest absolute Gasteiger partial charge is 0.455 e. The van der Waals surface area contributed by atoms with E-state index >= 15 is 0 Å². The lowest BCUT2D eigenvalue weighted by Crippen LogP contribution is -2.22. The van der Waals surface area contributed by atoms with Gasteiger partial charge >= 0.3 is 0 Å². The van der Waals surface area contributed by atoms with Crippen molar-refractivity contribution in [1.82, 2.24) is 9.97 Å². The van der Waals surface area contributed by atoms with Gasteiger partial charge in [0.1, 0.15) is 11.2 Å². The third-order valence-corrected chi connectivity index (χ3v) is 11.6. The number of rotatable bonds is 5. The Hall–Kier alpha value is -7.10. The molecule has 1 atom stereocenters. The molecule has 3 nitrogen and oxygen atoms in total. The Morgan fingerprint density at radius 1 is 0.455 bits per heavy atom. The third kappa shape index (κ3) is 4.83. The number of furan rings is 1. The summed E-state index contributed by atoms with van der Waals surface area (Å²) in [7, 11) is 0. The highest BCUT2D eigenvalue weighted by atomic mass is 16.3. The van der Waals surface area contributed by atoms with Crippen LogP contribution in [0.3, 0.4) is 0 Å². The molecule has 0 saturated heterocycles. The summed E-state index contributed by atoms with van der Waals surface area (Å²) in [4.78, 5) is 10.6. The molecule has 8 aromatic carbocycles. The number of hydrogen-bond donors (Lipinski definition) is 0. The third-order valence-electron chi connectivity index (χ3n) is 11.6. The van der Waals surface area contributed by atoms with Gasteiger partial charge in [-0.25, -0.2) is 9.97 Å². The number of nitrogens with zero attached hydrogens (tertiary/aromatic N) is 2. The van der Waals surface area contributed by atoms with Gasteiger partial charge in [0.25, 0.3) is 0 Å². The van der Waals surface area contributed by atoms with Gasteiger partial charge in [-0.3, -0.25) is 0 Å². The fourth-order valence-corrected chi connectivity index (χ4v) is 8.92. The summed E-state index contributed by atoms with van der Waals surface area (Å²) in [5.41, 5.74) is 14.8. The first-order valence-corrected chi connectivity index (χ1v) is 18.8. The lowest BCUT2D eigenvalue weighted by Gasteiger charge is -2.28. The minimum Gasteiger partial charge on any atom is -0.455 e. The van der Waals surface area contributed by atoms with Crippen molar-refractivity contribution < 1.29 is 4.42 Å². The SMILES string of the molecule is CC1(c2ccccc2)c2ccccc2-c2c(-c3cc(-c4cccc(-c5cc6ccccc6c6c5oc5ccccc56)c4)nc(-c4ccccc4)n3)cccc21. The van der Waals surface area contributed by atoms with Gasteiger partial charge in [0, 0.05) is 38.4 Å². The maximum absolute atomic E-state index is 6.64. The van der Waals surface area contributed by atoms with E-state index in [0.717, 1.165) is 61.1 Å². The summed E-state index contributed by atoms with van der Waals surface area (Å²) in [6.07, 6.45) is 0. The van der Waals surface area contributed by atoms with Crippen LogP contribution in [0.1, 0.15) is 23.6 Å². The Labute approximate surface area is 319 Å². The quantitative estimate of drug-likeness (QED) is 0.179. The van der Waals surface area contributed by atoms with E-state index < -0.39 is 0 Å². The van der Waals surface area contributed by atoms with E-state index in [4.69, 9.17) is 14.4 Å². The molecule has 0 spiro atoms. The molecule has 1 aliphatic carbocycles. The summed E-state index contributed by atoms with van der Waals surface area (Å²) in [6, 6.07) is 66.7. The van der Waals surface area contributed by atoms with Gasteiger partial charge in [-0.15, -0.1) is 0 Å². The minimum atomic E-state index is -0.308. The molecule has 1 aliphatic rings. The van der Waals surface area contributed by atoms with Gasteiger partial charge in [-0.05, 0) is 75.3 Å². The first-order valence-electron chi connectivity index (χ1n) is 18.8. The molecule has 2 heterocycles. The highest BCUT2D eigenvalue weighted by Crippen LogP contribution is 2.55. The number of fused-ring (bicyclic) bond motifs is 8. The zero-order chi connectivity index (χ0) is 36.5. The molecule has 0 fully saturated rings. The second-order valence-corrected chi connectivity index (χ2v) is 14.6. The maximum atomic E-state index is 6.64. The molecule has 0 radical (unpaired) electrons. The van der Waals surface area contributed by atoms with Crippen LogP contribution in [0, 0.1) is 0 Å². The Morgan fingerprint density at radius 3 is 1.96 bits per heavy atom. The molecule has 2 aromatic heterocycles. The molecule has 0 bridgehead atoms. The Kier molecular flexibility index (Phi) is 6.99. The van der Waals surface area contributed by atoms with Gasteiger partial charge < -0.3 is 4.42 Å². The van der Waals surface area contributed by atoms with Crippen molar-refractivity contribution in [2.45, 2.75) is 12.3 Å². The normalized spacial score (nSPS) is 14.7. The number of para-hydroxylation sites is 1. The Bertz CT molecular complexity index is 3110. The molecule has 55 heavy (non-hydrogen) atoms. The smallest absolute Gasteiger partial charge is 0.160 e. The van der Waals surface area contributed by atoms with Gasteiger partial charge in [0.15, 0.2) is 5.82 Å². The van der Waals surface area contributed by atoms with Crippen molar-refractivity contribution in [1.29, 1.82) is 0 Å². The van der Waals surface area contributed by atoms with Crippen LogP contribution in [0.5, 0.6) is 0 Å². The molecule has 3 heteroatoms. The predicted molar refractivity (Wildman–Crippen MR) is 226 cm³/mol. The highest BCUT2D eigenvalue weighted by molar-refractivity contribution is 6.22. The fraction of sp³-hybridized carbons (Fsp3) is 0.0385. The molecular weight excluding hydrogens is 669 g/mol. The molecule has 1 unspecified atom stereocenters. The zero-order valence-corrected chi connectivity index (χ0v) is 30.2. The van der Waals surface area contributed by atoms with Crippen molar-refractivity contribution in [2.75, 3.05) is 0 Å². The lowest BCUT2D eigenvalue weighted by atomic mass is 9.74. The van der Waals surface area contributed by atoms with Crippen LogP contribution in [0.15, 0.2) is 192 Å².